The fraction of sp³-hybridized carbons (Fsp3) is 0.457. The molecule has 0 aliphatic carbocycles. The molecule has 0 aliphatic heterocycles. The Hall–Kier alpha value is -7.46. The summed E-state index contributed by atoms with van der Waals surface area (Å²) < 4.78 is 123. The van der Waals surface area contributed by atoms with Crippen LogP contribution in [0.2, 0.25) is 0 Å². The Bertz CT molecular complexity index is 3720. The van der Waals surface area contributed by atoms with Gasteiger partial charge in [-0.15, -0.1) is 0 Å². The van der Waals surface area contributed by atoms with Crippen LogP contribution in [0.5, 0.6) is 0 Å². The van der Waals surface area contributed by atoms with Crippen LogP contribution in [0, 0.1) is 76.6 Å². The molecule has 2 aromatic heterocycles. The van der Waals surface area contributed by atoms with E-state index in [9.17, 15) is 60.2 Å². The summed E-state index contributed by atoms with van der Waals surface area (Å²) in [6.45, 7) is 19.9. The summed E-state index contributed by atoms with van der Waals surface area (Å²) in [7, 11) is 7.29. The van der Waals surface area contributed by atoms with Crippen LogP contribution in [0.4, 0.5) is 35.1 Å². The van der Waals surface area contributed by atoms with Crippen molar-refractivity contribution >= 4 is 23.8 Å². The third-order valence-electron chi connectivity index (χ3n) is 15.7. The molecule has 4 aromatic carbocycles. The van der Waals surface area contributed by atoms with Gasteiger partial charge in [-0.25, -0.2) is 35.1 Å². The molecule has 0 saturated carbocycles. The minimum atomic E-state index is -3.08. The average molecular weight is 1330 g/mol. The summed E-state index contributed by atoms with van der Waals surface area (Å²) in [5.74, 6) is -6.12. The van der Waals surface area contributed by atoms with Crippen molar-refractivity contribution in [1.29, 1.82) is 0 Å². The normalized spacial score (nSPS) is 12.6. The van der Waals surface area contributed by atoms with E-state index in [-0.39, 0.29) is 83.4 Å². The molecule has 25 heteroatoms. The van der Waals surface area contributed by atoms with Crippen LogP contribution < -0.4 is 40.6 Å². The summed E-state index contributed by atoms with van der Waals surface area (Å²) in [4.78, 5) is 83.2. The van der Waals surface area contributed by atoms with E-state index in [4.69, 9.17) is 4.74 Å². The van der Waals surface area contributed by atoms with Gasteiger partial charge in [-0.3, -0.25) is 28.8 Å². The standard InChI is InChI=1S/C36H45F4N3O4.C34H41F4N3O4.Li.2H2O/c1-9-47-31(44)18-29(27-17-25(13-23(6)33(27)38)32-21(4)14-26(37)15-22(32)5)41-35(45)30(12-20(2)3)43-19-24(10-11-42(7)8)16-28(34(39)40)36(43)46;1-18(2)10-28(41-17-22(8-9-40(6)7)14-26(32(37)38)34(41)45)33(44)39-27(16-29(42)43)25-15-23(11-21(5)31(25)36)30-19(3)12-24(35)13-20(30)4;;;/h13-17,19-20,29-30,34H,9-12,18H2,1-8H3,(H,41,45);11-15,17-18,27-28,32H,8-10,16H2,1-7H3,(H,39,44)(H,42,43);;2*1H2/q;;+1;;/p-1/t29-,30?;27-,28?;;;/m00.../s1. The number of hydrogen-bond acceptors (Lipinski definition) is 10. The van der Waals surface area contributed by atoms with Gasteiger partial charge < -0.3 is 50.4 Å². The Morgan fingerprint density at radius 2 is 0.874 bits per heavy atom. The molecule has 6 N–H and O–H groups in total. The van der Waals surface area contributed by atoms with Crippen molar-refractivity contribution in [2.45, 2.75) is 152 Å². The summed E-state index contributed by atoms with van der Waals surface area (Å²) in [6.07, 6.45) is -3.59. The Morgan fingerprint density at radius 1 is 0.537 bits per heavy atom. The third-order valence-corrected chi connectivity index (χ3v) is 15.7. The summed E-state index contributed by atoms with van der Waals surface area (Å²) in [6, 6.07) is 8.74. The Balaban J connectivity index is 0.000000627. The Labute approximate surface area is 562 Å². The molecule has 4 atom stereocenters. The van der Waals surface area contributed by atoms with Crippen LogP contribution in [0.15, 0.2) is 82.6 Å². The van der Waals surface area contributed by atoms with Crippen molar-refractivity contribution in [3.63, 3.8) is 0 Å². The van der Waals surface area contributed by atoms with Gasteiger partial charge in [0, 0.05) is 36.6 Å². The number of aliphatic carboxylic acids is 1. The molecule has 6 rings (SSSR count). The van der Waals surface area contributed by atoms with Gasteiger partial charge in [0.25, 0.3) is 24.0 Å². The van der Waals surface area contributed by atoms with Gasteiger partial charge in [0.1, 0.15) is 35.4 Å². The van der Waals surface area contributed by atoms with Crippen LogP contribution in [0.1, 0.15) is 164 Å². The van der Waals surface area contributed by atoms with Gasteiger partial charge in [0.05, 0.1) is 42.7 Å². The number of pyridine rings is 2. The fourth-order valence-corrected chi connectivity index (χ4v) is 11.4. The molecular weight excluding hydrogens is 1240 g/mol. The number of hydrogen-bond donors (Lipinski definition) is 3. The van der Waals surface area contributed by atoms with Crippen LogP contribution in [0.3, 0.4) is 0 Å². The molecular formula is C70H89F8LiN6O10. The van der Waals surface area contributed by atoms with Gasteiger partial charge in [-0.05, 0) is 242 Å². The maximum Gasteiger partial charge on any atom is 1.00 e. The SMILES string of the molecule is CCOC(=O)C[C@H](NC(=O)C(CC(C)C)n1cc(CCN(C)C)cc(C(F)F)c1=O)c1cc(-c2c(C)cc(F)cc2C)cc(C)c1F.Cc1cc(-c2c(C)cc(F)cc2C)cc([C@H](CC(=O)O)NC(=O)C(CC(C)C)n2cc(CCN(C)C)cc(C(F)F)c2=O)c1F.O.[Li+].[OH-]. The molecule has 0 bridgehead atoms. The first-order chi connectivity index (χ1) is 43.0. The van der Waals surface area contributed by atoms with Crippen molar-refractivity contribution in [3.05, 3.63) is 184 Å². The fourth-order valence-electron chi connectivity index (χ4n) is 11.4. The number of alkyl halides is 4. The first kappa shape index (κ1) is 83.6. The van der Waals surface area contributed by atoms with Crippen molar-refractivity contribution in [1.82, 2.24) is 29.6 Å². The molecule has 0 saturated heterocycles. The second-order valence-electron chi connectivity index (χ2n) is 25.0. The number of carbonyl (C=O) groups is 4. The Kier molecular flexibility index (Phi) is 32.7. The van der Waals surface area contributed by atoms with Gasteiger partial charge in [0.15, 0.2) is 0 Å². The number of aromatic nitrogens is 2. The first-order valence-corrected chi connectivity index (χ1v) is 30.5. The third kappa shape index (κ3) is 22.6. The molecule has 0 spiro atoms. The van der Waals surface area contributed by atoms with Crippen LogP contribution in [-0.4, -0.2) is 107 Å². The predicted molar refractivity (Wildman–Crippen MR) is 346 cm³/mol. The van der Waals surface area contributed by atoms with E-state index >= 15 is 8.78 Å². The number of likely N-dealkylation sites (N-methyl/N-ethyl adjacent to an activating group) is 2. The molecule has 2 amide bonds. The number of halogens is 8. The quantitative estimate of drug-likeness (QED) is 0.0249. The topological polar surface area (TPSA) is 234 Å². The first-order valence-electron chi connectivity index (χ1n) is 30.5. The van der Waals surface area contributed by atoms with Gasteiger partial charge in [-0.1, -0.05) is 27.7 Å². The van der Waals surface area contributed by atoms with Crippen molar-refractivity contribution in [2.75, 3.05) is 47.9 Å². The zero-order valence-electron chi connectivity index (χ0n) is 57.0. The maximum atomic E-state index is 15.9. The van der Waals surface area contributed by atoms with Crippen molar-refractivity contribution < 1.29 is 94.0 Å². The van der Waals surface area contributed by atoms with Gasteiger partial charge in [0.2, 0.25) is 11.8 Å². The second-order valence-corrected chi connectivity index (χ2v) is 25.0. The molecule has 0 radical (unpaired) electrons. The number of nitrogens with zero attached hydrogens (tertiary/aromatic N) is 4. The molecule has 2 unspecified atom stereocenters. The predicted octanol–water partition coefficient (Wildman–Crippen LogP) is 9.84. The smallest absolute Gasteiger partial charge is 0.870 e. The van der Waals surface area contributed by atoms with Crippen LogP contribution in [-0.2, 0) is 36.8 Å². The number of rotatable bonds is 27. The number of esters is 1. The molecule has 95 heavy (non-hydrogen) atoms. The van der Waals surface area contributed by atoms with E-state index in [1.807, 2.05) is 51.8 Å². The molecule has 0 aliphatic rings. The number of amides is 2. The van der Waals surface area contributed by atoms with E-state index in [0.717, 1.165) is 15.2 Å². The summed E-state index contributed by atoms with van der Waals surface area (Å²) >= 11 is 0. The van der Waals surface area contributed by atoms with E-state index in [1.165, 1.54) is 61.8 Å². The number of carboxylic acids is 1. The maximum absolute atomic E-state index is 15.9. The molecule has 516 valence electrons. The van der Waals surface area contributed by atoms with E-state index in [1.54, 1.807) is 67.5 Å². The number of carbonyl (C=O) groups excluding carboxylic acids is 3. The van der Waals surface area contributed by atoms with E-state index < -0.39 is 119 Å². The van der Waals surface area contributed by atoms with E-state index in [2.05, 4.69) is 10.6 Å². The number of carboxylic acid groups (broad SMARTS) is 1. The monoisotopic (exact) mass is 1330 g/mol. The summed E-state index contributed by atoms with van der Waals surface area (Å²) in [5.41, 5.74) is 2.49. The average Bonchev–Trinajstić information content (AvgIpc) is 0.801. The number of benzene rings is 4. The van der Waals surface area contributed by atoms with Crippen LogP contribution in [0.25, 0.3) is 22.3 Å². The van der Waals surface area contributed by atoms with Crippen LogP contribution >= 0.6 is 0 Å². The van der Waals surface area contributed by atoms with Gasteiger partial charge >= 0.3 is 30.8 Å². The minimum Gasteiger partial charge on any atom is -0.870 e. The molecule has 2 heterocycles. The van der Waals surface area contributed by atoms with Crippen molar-refractivity contribution in [2.24, 2.45) is 11.8 Å². The van der Waals surface area contributed by atoms with E-state index in [0.29, 0.717) is 81.6 Å². The second kappa shape index (κ2) is 37.2. The molecule has 0 fully saturated rings. The minimum absolute atomic E-state index is 0. The number of nitrogens with one attached hydrogen (secondary N) is 2. The summed E-state index contributed by atoms with van der Waals surface area (Å²) in [5, 5.41) is 15.1. The molecule has 6 aromatic rings. The number of aryl methyl sites for hydroxylation is 6. The molecule has 16 nitrogen and oxygen atoms in total. The zero-order valence-corrected chi connectivity index (χ0v) is 57.0. The zero-order chi connectivity index (χ0) is 68.9. The number of ether oxygens (including phenoxy) is 1. The largest absolute Gasteiger partial charge is 1.00 e. The Morgan fingerprint density at radius 3 is 1.17 bits per heavy atom. The van der Waals surface area contributed by atoms with Gasteiger partial charge in [-0.2, -0.15) is 0 Å². The van der Waals surface area contributed by atoms with Crippen molar-refractivity contribution in [3.8, 4) is 22.3 Å².